The van der Waals surface area contributed by atoms with Crippen molar-refractivity contribution in [3.05, 3.63) is 42.1 Å². The molecule has 1 aromatic heterocycles. The Morgan fingerprint density at radius 2 is 2.15 bits per heavy atom. The summed E-state index contributed by atoms with van der Waals surface area (Å²) in [4.78, 5) is 14.6. The fourth-order valence-electron chi connectivity index (χ4n) is 1.51. The number of carboxylic acid groups (broad SMARTS) is 1. The molecule has 106 valence electrons. The number of carbonyl (C=O) groups is 1. The zero-order chi connectivity index (χ0) is 14.9. The molecule has 0 atom stereocenters. The lowest BCUT2D eigenvalue weighted by atomic mass is 10.2. The fourth-order valence-corrected chi connectivity index (χ4v) is 2.57. The molecule has 7 nitrogen and oxygen atoms in total. The predicted molar refractivity (Wildman–Crippen MR) is 67.4 cm³/mol. The van der Waals surface area contributed by atoms with E-state index in [0.29, 0.717) is 0 Å². The molecule has 0 bridgehead atoms. The van der Waals surface area contributed by atoms with Gasteiger partial charge in [0.1, 0.15) is 5.82 Å². The van der Waals surface area contributed by atoms with Crippen molar-refractivity contribution in [2.24, 2.45) is 7.05 Å². The summed E-state index contributed by atoms with van der Waals surface area (Å²) in [6.45, 7) is 0. The Morgan fingerprint density at radius 3 is 2.70 bits per heavy atom. The van der Waals surface area contributed by atoms with E-state index in [1.807, 2.05) is 0 Å². The van der Waals surface area contributed by atoms with Gasteiger partial charge in [-0.05, 0) is 18.2 Å². The Morgan fingerprint density at radius 1 is 1.45 bits per heavy atom. The highest BCUT2D eigenvalue weighted by molar-refractivity contribution is 7.92. The van der Waals surface area contributed by atoms with Crippen LogP contribution in [0.5, 0.6) is 0 Å². The van der Waals surface area contributed by atoms with Gasteiger partial charge in [-0.2, -0.15) is 8.42 Å². The summed E-state index contributed by atoms with van der Waals surface area (Å²) in [6, 6.07) is 2.74. The van der Waals surface area contributed by atoms with E-state index in [0.717, 1.165) is 18.2 Å². The quantitative estimate of drug-likeness (QED) is 0.879. The predicted octanol–water partition coefficient (Wildman–Crippen LogP) is 1.06. The van der Waals surface area contributed by atoms with E-state index in [4.69, 9.17) is 5.11 Å². The number of nitrogens with one attached hydrogen (secondary N) is 1. The smallest absolute Gasteiger partial charge is 0.337 e. The summed E-state index contributed by atoms with van der Waals surface area (Å²) in [6.07, 6.45) is 2.55. The number of sulfonamides is 1. The van der Waals surface area contributed by atoms with Crippen LogP contribution in [0.25, 0.3) is 0 Å². The first-order chi connectivity index (χ1) is 9.29. The number of benzene rings is 1. The number of imidazole rings is 1. The van der Waals surface area contributed by atoms with E-state index in [-0.39, 0.29) is 10.7 Å². The molecule has 0 unspecified atom stereocenters. The number of carboxylic acids is 1. The molecule has 20 heavy (non-hydrogen) atoms. The Labute approximate surface area is 113 Å². The molecule has 9 heteroatoms. The zero-order valence-electron chi connectivity index (χ0n) is 10.2. The molecular weight excluding hydrogens is 289 g/mol. The van der Waals surface area contributed by atoms with Crippen LogP contribution in [0.2, 0.25) is 0 Å². The first kappa shape index (κ1) is 14.0. The molecular formula is C11H10FN3O4S. The van der Waals surface area contributed by atoms with Crippen LogP contribution in [0.15, 0.2) is 35.7 Å². The molecule has 0 radical (unpaired) electrons. The van der Waals surface area contributed by atoms with Crippen molar-refractivity contribution in [2.45, 2.75) is 5.03 Å². The second kappa shape index (κ2) is 4.93. The van der Waals surface area contributed by atoms with E-state index < -0.39 is 27.4 Å². The number of anilines is 1. The lowest BCUT2D eigenvalue weighted by Crippen LogP contribution is -2.16. The zero-order valence-corrected chi connectivity index (χ0v) is 11.1. The lowest BCUT2D eigenvalue weighted by molar-refractivity contribution is 0.0697. The maximum absolute atomic E-state index is 13.0. The normalized spacial score (nSPS) is 11.3. The molecule has 0 aliphatic heterocycles. The summed E-state index contributed by atoms with van der Waals surface area (Å²) >= 11 is 0. The van der Waals surface area contributed by atoms with Gasteiger partial charge in [0.25, 0.3) is 10.0 Å². The average molecular weight is 299 g/mol. The van der Waals surface area contributed by atoms with Crippen molar-refractivity contribution in [3.63, 3.8) is 0 Å². The van der Waals surface area contributed by atoms with Gasteiger partial charge < -0.3 is 9.67 Å². The number of aryl methyl sites for hydroxylation is 1. The van der Waals surface area contributed by atoms with Crippen LogP contribution in [-0.4, -0.2) is 29.0 Å². The Balaban J connectivity index is 2.42. The van der Waals surface area contributed by atoms with Crippen LogP contribution in [0.4, 0.5) is 10.1 Å². The fraction of sp³-hybridized carbons (Fsp3) is 0.0909. The number of nitrogens with zero attached hydrogens (tertiary/aromatic N) is 2. The lowest BCUT2D eigenvalue weighted by Gasteiger charge is -2.08. The van der Waals surface area contributed by atoms with Crippen molar-refractivity contribution < 1.29 is 22.7 Å². The van der Waals surface area contributed by atoms with Gasteiger partial charge in [-0.25, -0.2) is 14.2 Å². The largest absolute Gasteiger partial charge is 0.478 e. The molecule has 0 spiro atoms. The number of rotatable bonds is 4. The van der Waals surface area contributed by atoms with Crippen LogP contribution in [0.3, 0.4) is 0 Å². The number of hydrogen-bond donors (Lipinski definition) is 2. The van der Waals surface area contributed by atoms with Crippen molar-refractivity contribution in [3.8, 4) is 0 Å². The summed E-state index contributed by atoms with van der Waals surface area (Å²) in [7, 11) is -2.44. The van der Waals surface area contributed by atoms with Crippen molar-refractivity contribution >= 4 is 21.7 Å². The van der Waals surface area contributed by atoms with Gasteiger partial charge in [0.15, 0.2) is 5.03 Å². The number of halogens is 1. The molecule has 2 rings (SSSR count). The molecule has 0 saturated heterocycles. The van der Waals surface area contributed by atoms with E-state index in [1.54, 1.807) is 7.05 Å². The standard InChI is InChI=1S/C11H10FN3O4S/c1-15-5-10(13-6-15)20(18,19)14-9-3-2-7(12)4-8(9)11(16)17/h2-6,14H,1H3,(H,16,17). The van der Waals surface area contributed by atoms with Gasteiger partial charge in [-0.15, -0.1) is 0 Å². The summed E-state index contributed by atoms with van der Waals surface area (Å²) in [5, 5.41) is 8.68. The molecule has 0 aliphatic carbocycles. The van der Waals surface area contributed by atoms with Gasteiger partial charge in [0.2, 0.25) is 0 Å². The molecule has 2 aromatic rings. The van der Waals surface area contributed by atoms with E-state index >= 15 is 0 Å². The molecule has 0 amide bonds. The van der Waals surface area contributed by atoms with Crippen LogP contribution in [0, 0.1) is 5.82 Å². The third kappa shape index (κ3) is 2.77. The molecule has 0 aliphatic rings. The average Bonchev–Trinajstić information content (AvgIpc) is 2.78. The molecule has 1 aromatic carbocycles. The first-order valence-corrected chi connectivity index (χ1v) is 6.81. The monoisotopic (exact) mass is 299 g/mol. The minimum Gasteiger partial charge on any atom is -0.478 e. The van der Waals surface area contributed by atoms with E-state index in [1.165, 1.54) is 17.1 Å². The molecule has 0 saturated carbocycles. The SMILES string of the molecule is Cn1cnc(S(=O)(=O)Nc2ccc(F)cc2C(=O)O)c1. The van der Waals surface area contributed by atoms with Gasteiger partial charge in [0.05, 0.1) is 17.6 Å². The Kier molecular flexibility index (Phi) is 3.45. The number of hydrogen-bond acceptors (Lipinski definition) is 4. The number of aromatic nitrogens is 2. The Bertz CT molecular complexity index is 770. The van der Waals surface area contributed by atoms with Gasteiger partial charge in [-0.3, -0.25) is 4.72 Å². The van der Waals surface area contributed by atoms with Crippen LogP contribution in [0.1, 0.15) is 10.4 Å². The van der Waals surface area contributed by atoms with Gasteiger partial charge in [-0.1, -0.05) is 0 Å². The third-order valence-electron chi connectivity index (χ3n) is 2.41. The molecule has 2 N–H and O–H groups in total. The van der Waals surface area contributed by atoms with Crippen molar-refractivity contribution in [1.82, 2.24) is 9.55 Å². The maximum atomic E-state index is 13.0. The first-order valence-electron chi connectivity index (χ1n) is 5.33. The highest BCUT2D eigenvalue weighted by Crippen LogP contribution is 2.20. The second-order valence-corrected chi connectivity index (χ2v) is 5.61. The van der Waals surface area contributed by atoms with E-state index in [9.17, 15) is 17.6 Å². The van der Waals surface area contributed by atoms with Crippen LogP contribution < -0.4 is 4.72 Å². The highest BCUT2D eigenvalue weighted by Gasteiger charge is 2.21. The van der Waals surface area contributed by atoms with Crippen LogP contribution in [-0.2, 0) is 17.1 Å². The van der Waals surface area contributed by atoms with E-state index in [2.05, 4.69) is 9.71 Å². The van der Waals surface area contributed by atoms with Crippen molar-refractivity contribution in [2.75, 3.05) is 4.72 Å². The van der Waals surface area contributed by atoms with Crippen molar-refractivity contribution in [1.29, 1.82) is 0 Å². The minimum absolute atomic E-state index is 0.232. The second-order valence-electron chi connectivity index (χ2n) is 3.98. The third-order valence-corrected chi connectivity index (χ3v) is 3.66. The van der Waals surface area contributed by atoms with Gasteiger partial charge in [0, 0.05) is 13.2 Å². The molecule has 0 fully saturated rings. The summed E-state index contributed by atoms with van der Waals surface area (Å²) in [5.41, 5.74) is -0.714. The summed E-state index contributed by atoms with van der Waals surface area (Å²) in [5.74, 6) is -2.22. The topological polar surface area (TPSA) is 101 Å². The minimum atomic E-state index is -4.03. The van der Waals surface area contributed by atoms with Gasteiger partial charge >= 0.3 is 5.97 Å². The number of aromatic carboxylic acids is 1. The molecule has 1 heterocycles. The highest BCUT2D eigenvalue weighted by atomic mass is 32.2. The maximum Gasteiger partial charge on any atom is 0.337 e. The summed E-state index contributed by atoms with van der Waals surface area (Å²) < 4.78 is 40.5. The van der Waals surface area contributed by atoms with Crippen LogP contribution >= 0.6 is 0 Å². The Hall–Kier alpha value is -2.42.